The third-order valence-electron chi connectivity index (χ3n) is 5.04. The van der Waals surface area contributed by atoms with Gasteiger partial charge in [0.05, 0.1) is 17.3 Å². The predicted octanol–water partition coefficient (Wildman–Crippen LogP) is 3.12. The predicted molar refractivity (Wildman–Crippen MR) is 108 cm³/mol. The summed E-state index contributed by atoms with van der Waals surface area (Å²) in [5.74, 6) is 1.78. The summed E-state index contributed by atoms with van der Waals surface area (Å²) in [5, 5.41) is 7.87. The first-order chi connectivity index (χ1) is 13.2. The fourth-order valence-electron chi connectivity index (χ4n) is 3.70. The van der Waals surface area contributed by atoms with E-state index in [0.717, 1.165) is 48.9 Å². The number of nitrogens with zero attached hydrogens (tertiary/aromatic N) is 4. The highest BCUT2D eigenvalue weighted by Gasteiger charge is 2.20. The van der Waals surface area contributed by atoms with Crippen LogP contribution in [-0.4, -0.2) is 40.5 Å². The number of nitrogens with one attached hydrogen (secondary N) is 2. The van der Waals surface area contributed by atoms with Gasteiger partial charge in [-0.2, -0.15) is 0 Å². The second-order valence-electron chi connectivity index (χ2n) is 7.16. The average Bonchev–Trinajstić information content (AvgIpc) is 3.23. The van der Waals surface area contributed by atoms with E-state index in [1.807, 2.05) is 25.4 Å². The van der Waals surface area contributed by atoms with Crippen molar-refractivity contribution in [2.45, 2.75) is 32.0 Å². The van der Waals surface area contributed by atoms with E-state index in [0.29, 0.717) is 0 Å². The first-order valence-electron chi connectivity index (χ1n) is 9.53. The maximum atomic E-state index is 4.84. The third kappa shape index (κ3) is 4.07. The zero-order chi connectivity index (χ0) is 18.6. The zero-order valence-corrected chi connectivity index (χ0v) is 15.9. The molecule has 1 atom stereocenters. The van der Waals surface area contributed by atoms with Gasteiger partial charge in [-0.05, 0) is 44.1 Å². The molecule has 1 fully saturated rings. The van der Waals surface area contributed by atoms with Crippen LogP contribution in [0.2, 0.25) is 0 Å². The Morgan fingerprint density at radius 1 is 1.19 bits per heavy atom. The van der Waals surface area contributed by atoms with Crippen LogP contribution < -0.4 is 10.6 Å². The number of benzene rings is 1. The number of anilines is 1. The lowest BCUT2D eigenvalue weighted by atomic mass is 10.1. The Kier molecular flexibility index (Phi) is 5.27. The van der Waals surface area contributed by atoms with E-state index in [2.05, 4.69) is 56.8 Å². The van der Waals surface area contributed by atoms with Gasteiger partial charge < -0.3 is 10.6 Å². The van der Waals surface area contributed by atoms with Gasteiger partial charge in [0, 0.05) is 37.8 Å². The van der Waals surface area contributed by atoms with Crippen molar-refractivity contribution in [2.75, 3.05) is 26.0 Å². The van der Waals surface area contributed by atoms with Crippen molar-refractivity contribution >= 4 is 16.7 Å². The number of aromatic nitrogens is 3. The van der Waals surface area contributed by atoms with Gasteiger partial charge in [-0.1, -0.05) is 18.2 Å². The molecule has 3 heterocycles. The molecule has 0 saturated carbocycles. The van der Waals surface area contributed by atoms with Crippen LogP contribution in [0.1, 0.15) is 36.0 Å². The number of pyridine rings is 1. The first kappa shape index (κ1) is 17.8. The van der Waals surface area contributed by atoms with Crippen LogP contribution in [0.5, 0.6) is 0 Å². The Morgan fingerprint density at radius 2 is 2.07 bits per heavy atom. The fourth-order valence-corrected chi connectivity index (χ4v) is 3.70. The molecule has 2 N–H and O–H groups in total. The molecule has 2 aromatic heterocycles. The van der Waals surface area contributed by atoms with Crippen molar-refractivity contribution in [2.24, 2.45) is 0 Å². The van der Waals surface area contributed by atoms with E-state index in [9.17, 15) is 0 Å². The first-order valence-corrected chi connectivity index (χ1v) is 9.53. The van der Waals surface area contributed by atoms with Gasteiger partial charge in [-0.15, -0.1) is 0 Å². The third-order valence-corrected chi connectivity index (χ3v) is 5.04. The summed E-state index contributed by atoms with van der Waals surface area (Å²) in [5.41, 5.74) is 3.36. The van der Waals surface area contributed by atoms with Gasteiger partial charge in [-0.3, -0.25) is 9.88 Å². The Morgan fingerprint density at radius 3 is 2.89 bits per heavy atom. The van der Waals surface area contributed by atoms with Crippen LogP contribution in [-0.2, 0) is 13.1 Å². The molecule has 6 nitrogen and oxygen atoms in total. The molecular weight excluding hydrogens is 336 g/mol. The molecule has 140 valence electrons. The minimum Gasteiger partial charge on any atom is -0.373 e. The highest BCUT2D eigenvalue weighted by atomic mass is 15.1. The SMILES string of the molecule is CNc1cc(CN(C)Cc2ccnc3ccccc23)nc(C2CCCN2)n1. The molecule has 0 aliphatic carbocycles. The molecule has 27 heavy (non-hydrogen) atoms. The van der Waals surface area contributed by atoms with Gasteiger partial charge in [0.1, 0.15) is 11.6 Å². The Hall–Kier alpha value is -2.57. The highest BCUT2D eigenvalue weighted by molar-refractivity contribution is 5.81. The second-order valence-corrected chi connectivity index (χ2v) is 7.16. The Balaban J connectivity index is 1.53. The zero-order valence-electron chi connectivity index (χ0n) is 15.9. The van der Waals surface area contributed by atoms with Crippen LogP contribution in [0.25, 0.3) is 10.9 Å². The number of hydrogen-bond acceptors (Lipinski definition) is 6. The lowest BCUT2D eigenvalue weighted by molar-refractivity contribution is 0.315. The average molecular weight is 362 g/mol. The second kappa shape index (κ2) is 7.98. The van der Waals surface area contributed by atoms with Gasteiger partial charge >= 0.3 is 0 Å². The largest absolute Gasteiger partial charge is 0.373 e. The molecule has 1 saturated heterocycles. The van der Waals surface area contributed by atoms with Gasteiger partial charge in [0.15, 0.2) is 0 Å². The van der Waals surface area contributed by atoms with Crippen molar-refractivity contribution in [3.05, 3.63) is 59.7 Å². The molecule has 0 amide bonds. The fraction of sp³-hybridized carbons (Fsp3) is 0.381. The molecule has 1 aromatic carbocycles. The number of rotatable bonds is 6. The summed E-state index contributed by atoms with van der Waals surface area (Å²) >= 11 is 0. The number of fused-ring (bicyclic) bond motifs is 1. The van der Waals surface area contributed by atoms with E-state index in [-0.39, 0.29) is 6.04 Å². The Labute approximate surface area is 160 Å². The highest BCUT2D eigenvalue weighted by Crippen LogP contribution is 2.22. The molecule has 6 heteroatoms. The molecule has 1 aliphatic rings. The molecule has 3 aromatic rings. The molecular formula is C21H26N6. The maximum Gasteiger partial charge on any atom is 0.147 e. The van der Waals surface area contributed by atoms with E-state index >= 15 is 0 Å². The molecule has 0 radical (unpaired) electrons. The van der Waals surface area contributed by atoms with E-state index in [1.165, 1.54) is 17.4 Å². The van der Waals surface area contributed by atoms with Crippen LogP contribution in [0.4, 0.5) is 5.82 Å². The van der Waals surface area contributed by atoms with E-state index < -0.39 is 0 Å². The lowest BCUT2D eigenvalue weighted by Gasteiger charge is -2.19. The van der Waals surface area contributed by atoms with Crippen molar-refractivity contribution < 1.29 is 0 Å². The summed E-state index contributed by atoms with van der Waals surface area (Å²) < 4.78 is 0. The van der Waals surface area contributed by atoms with Crippen LogP contribution in [0, 0.1) is 0 Å². The van der Waals surface area contributed by atoms with Crippen LogP contribution >= 0.6 is 0 Å². The lowest BCUT2D eigenvalue weighted by Crippen LogP contribution is -2.21. The van der Waals surface area contributed by atoms with Gasteiger partial charge in [-0.25, -0.2) is 9.97 Å². The minimum atomic E-state index is 0.270. The topological polar surface area (TPSA) is 66.0 Å². The standard InChI is InChI=1S/C21H26N6/c1-22-20-12-16(25-21(26-20)19-8-5-10-23-19)14-27(2)13-15-9-11-24-18-7-4-3-6-17(15)18/h3-4,6-7,9,11-12,19,23H,5,8,10,13-14H2,1-2H3,(H,22,25,26). The van der Waals surface area contributed by atoms with Crippen LogP contribution in [0.3, 0.4) is 0 Å². The molecule has 0 spiro atoms. The monoisotopic (exact) mass is 362 g/mol. The van der Waals surface area contributed by atoms with E-state index in [1.54, 1.807) is 0 Å². The van der Waals surface area contributed by atoms with Crippen LogP contribution in [0.15, 0.2) is 42.6 Å². The Bertz CT molecular complexity index is 914. The summed E-state index contributed by atoms with van der Waals surface area (Å²) in [6.07, 6.45) is 4.17. The van der Waals surface area contributed by atoms with E-state index in [4.69, 9.17) is 4.98 Å². The summed E-state index contributed by atoms with van der Waals surface area (Å²) in [6, 6.07) is 12.7. The normalized spacial score (nSPS) is 16.9. The maximum absolute atomic E-state index is 4.84. The molecule has 1 unspecified atom stereocenters. The van der Waals surface area contributed by atoms with Gasteiger partial charge in [0.25, 0.3) is 0 Å². The molecule has 4 rings (SSSR count). The van der Waals surface area contributed by atoms with Crippen molar-refractivity contribution in [1.29, 1.82) is 0 Å². The van der Waals surface area contributed by atoms with Crippen molar-refractivity contribution in [3.8, 4) is 0 Å². The summed E-state index contributed by atoms with van der Waals surface area (Å²) in [7, 11) is 4.04. The minimum absolute atomic E-state index is 0.270. The van der Waals surface area contributed by atoms with Crippen molar-refractivity contribution in [3.63, 3.8) is 0 Å². The molecule has 0 bridgehead atoms. The molecule has 1 aliphatic heterocycles. The van der Waals surface area contributed by atoms with Gasteiger partial charge in [0.2, 0.25) is 0 Å². The summed E-state index contributed by atoms with van der Waals surface area (Å²) in [4.78, 5) is 16.2. The summed E-state index contributed by atoms with van der Waals surface area (Å²) in [6.45, 7) is 2.66. The smallest absolute Gasteiger partial charge is 0.147 e. The number of para-hydroxylation sites is 1. The van der Waals surface area contributed by atoms with Crippen molar-refractivity contribution in [1.82, 2.24) is 25.2 Å². The quantitative estimate of drug-likeness (QED) is 0.702. The number of hydrogen-bond donors (Lipinski definition) is 2.